The number of hydrogen-bond donors (Lipinski definition) is 2. The molecule has 1 aromatic heterocycles. The van der Waals surface area contributed by atoms with E-state index >= 15 is 0 Å². The highest BCUT2D eigenvalue weighted by atomic mass is 32.1. The Morgan fingerprint density at radius 2 is 2.05 bits per heavy atom. The number of nitrogens with two attached hydrogens (primary N) is 1. The van der Waals surface area contributed by atoms with Crippen molar-refractivity contribution in [1.82, 2.24) is 4.98 Å². The normalized spacial score (nSPS) is 10.7. The third kappa shape index (κ3) is 3.95. The molecule has 0 aliphatic carbocycles. The molecule has 1 aromatic carbocycles. The van der Waals surface area contributed by atoms with Crippen LogP contribution < -0.4 is 15.8 Å². The Labute approximate surface area is 128 Å². The average molecular weight is 305 g/mol. The van der Waals surface area contributed by atoms with Crippen LogP contribution >= 0.6 is 11.3 Å². The van der Waals surface area contributed by atoms with Crippen LogP contribution in [0.1, 0.15) is 29.9 Å². The van der Waals surface area contributed by atoms with E-state index in [4.69, 9.17) is 10.5 Å². The zero-order valence-electron chi connectivity index (χ0n) is 12.3. The van der Waals surface area contributed by atoms with E-state index in [9.17, 15) is 4.79 Å². The van der Waals surface area contributed by atoms with Gasteiger partial charge in [-0.25, -0.2) is 4.98 Å². The van der Waals surface area contributed by atoms with Crippen molar-refractivity contribution in [2.75, 3.05) is 18.2 Å². The Bertz CT molecular complexity index is 620. The number of hydrogen-bond acceptors (Lipinski definition) is 6. The summed E-state index contributed by atoms with van der Waals surface area (Å²) in [6.45, 7) is 4.01. The van der Waals surface area contributed by atoms with Crippen LogP contribution in [0.5, 0.6) is 5.75 Å². The second-order valence-electron chi connectivity index (χ2n) is 5.11. The van der Waals surface area contributed by atoms with Gasteiger partial charge in [-0.3, -0.25) is 4.79 Å². The zero-order valence-corrected chi connectivity index (χ0v) is 13.2. The molecule has 0 aliphatic rings. The van der Waals surface area contributed by atoms with Crippen molar-refractivity contribution in [2.24, 2.45) is 5.92 Å². The molecule has 1 heterocycles. The van der Waals surface area contributed by atoms with Gasteiger partial charge in [0.05, 0.1) is 7.11 Å². The number of thiazole rings is 1. The number of benzene rings is 1. The number of methoxy groups -OCH3 is 1. The number of ether oxygens (including phenoxy) is 1. The average Bonchev–Trinajstić information content (AvgIpc) is 2.80. The van der Waals surface area contributed by atoms with E-state index in [1.165, 1.54) is 11.3 Å². The molecule has 3 N–H and O–H groups in total. The first-order valence-electron chi connectivity index (χ1n) is 6.70. The summed E-state index contributed by atoms with van der Waals surface area (Å²) in [5, 5.41) is 3.76. The molecule has 0 spiro atoms. The summed E-state index contributed by atoms with van der Waals surface area (Å²) >= 11 is 1.29. The summed E-state index contributed by atoms with van der Waals surface area (Å²) in [6.07, 6.45) is 0.481. The van der Waals surface area contributed by atoms with Crippen LogP contribution in [0.4, 0.5) is 16.6 Å². The molecule has 6 heteroatoms. The van der Waals surface area contributed by atoms with Crippen LogP contribution in [0.25, 0.3) is 0 Å². The van der Waals surface area contributed by atoms with Gasteiger partial charge in [-0.05, 0) is 30.2 Å². The quantitative estimate of drug-likeness (QED) is 0.796. The lowest BCUT2D eigenvalue weighted by Crippen LogP contribution is -2.04. The molecule has 0 amide bonds. The number of ketones is 1. The third-order valence-corrected chi connectivity index (χ3v) is 3.87. The first kappa shape index (κ1) is 15.3. The minimum Gasteiger partial charge on any atom is -0.497 e. The van der Waals surface area contributed by atoms with Crippen LogP contribution in [0.15, 0.2) is 24.3 Å². The molecule has 2 aromatic rings. The number of nitrogens with zero attached hydrogens (tertiary/aromatic N) is 1. The number of rotatable bonds is 6. The van der Waals surface area contributed by atoms with Gasteiger partial charge in [-0.2, -0.15) is 0 Å². The summed E-state index contributed by atoms with van der Waals surface area (Å²) in [7, 11) is 1.62. The fourth-order valence-electron chi connectivity index (χ4n) is 1.85. The van der Waals surface area contributed by atoms with E-state index in [2.05, 4.69) is 10.3 Å². The number of aromatic nitrogens is 1. The number of nitrogen functional groups attached to an aromatic ring is 1. The van der Waals surface area contributed by atoms with Crippen LogP contribution in [0.3, 0.4) is 0 Å². The minimum absolute atomic E-state index is 0.0442. The number of carbonyl (C=O) groups excluding carboxylic acids is 1. The third-order valence-electron chi connectivity index (χ3n) is 2.84. The smallest absolute Gasteiger partial charge is 0.189 e. The Kier molecular flexibility index (Phi) is 4.80. The summed E-state index contributed by atoms with van der Waals surface area (Å²) in [4.78, 5) is 16.8. The molecule has 0 radical (unpaired) electrons. The van der Waals surface area contributed by atoms with Gasteiger partial charge < -0.3 is 15.8 Å². The molecular weight excluding hydrogens is 286 g/mol. The number of nitrogens with one attached hydrogen (secondary N) is 1. The predicted molar refractivity (Wildman–Crippen MR) is 86.6 cm³/mol. The van der Waals surface area contributed by atoms with E-state index in [0.29, 0.717) is 28.2 Å². The first-order chi connectivity index (χ1) is 9.99. The molecule has 21 heavy (non-hydrogen) atoms. The first-order valence-corrected chi connectivity index (χ1v) is 7.51. The maximum atomic E-state index is 12.1. The lowest BCUT2D eigenvalue weighted by atomic mass is 10.1. The van der Waals surface area contributed by atoms with Crippen molar-refractivity contribution >= 4 is 33.8 Å². The molecular formula is C15H19N3O2S. The Morgan fingerprint density at radius 1 is 1.38 bits per heavy atom. The minimum atomic E-state index is 0.0442. The van der Waals surface area contributed by atoms with Gasteiger partial charge >= 0.3 is 0 Å². The van der Waals surface area contributed by atoms with Crippen molar-refractivity contribution in [2.45, 2.75) is 20.3 Å². The van der Waals surface area contributed by atoms with Crippen LogP contribution in [0.2, 0.25) is 0 Å². The molecule has 112 valence electrons. The maximum absolute atomic E-state index is 12.1. The van der Waals surface area contributed by atoms with Crippen molar-refractivity contribution in [1.29, 1.82) is 0 Å². The summed E-state index contributed by atoms with van der Waals surface area (Å²) in [6, 6.07) is 7.46. The standard InChI is InChI=1S/C15H19N3O2S/c1-9(2)8-12(19)13-14(16)18-15(21-13)17-10-4-6-11(20-3)7-5-10/h4-7,9H,8,16H2,1-3H3,(H,17,18). The topological polar surface area (TPSA) is 77.2 Å². The second kappa shape index (κ2) is 6.58. The van der Waals surface area contributed by atoms with Crippen molar-refractivity contribution < 1.29 is 9.53 Å². The van der Waals surface area contributed by atoms with Gasteiger partial charge in [0, 0.05) is 12.1 Å². The number of anilines is 3. The summed E-state index contributed by atoms with van der Waals surface area (Å²) < 4.78 is 5.11. The van der Waals surface area contributed by atoms with Gasteiger partial charge in [0.1, 0.15) is 16.4 Å². The number of Topliss-reactive ketones (excluding diaryl/α,β-unsaturated/α-hetero) is 1. The Balaban J connectivity index is 2.12. The Morgan fingerprint density at radius 3 is 2.62 bits per heavy atom. The van der Waals surface area contributed by atoms with Crippen LogP contribution in [0, 0.1) is 5.92 Å². The van der Waals surface area contributed by atoms with Gasteiger partial charge in [-0.1, -0.05) is 25.2 Å². The molecule has 0 fully saturated rings. The lowest BCUT2D eigenvalue weighted by Gasteiger charge is -2.03. The van der Waals surface area contributed by atoms with Crippen molar-refractivity contribution in [3.63, 3.8) is 0 Å². The van der Waals surface area contributed by atoms with Gasteiger partial charge in [0.2, 0.25) is 0 Å². The highest BCUT2D eigenvalue weighted by molar-refractivity contribution is 7.18. The molecule has 0 saturated carbocycles. The fraction of sp³-hybridized carbons (Fsp3) is 0.333. The largest absolute Gasteiger partial charge is 0.497 e. The lowest BCUT2D eigenvalue weighted by molar-refractivity contribution is 0.0972. The molecule has 0 aliphatic heterocycles. The SMILES string of the molecule is COc1ccc(Nc2nc(N)c(C(=O)CC(C)C)s2)cc1. The Hall–Kier alpha value is -2.08. The van der Waals surface area contributed by atoms with E-state index < -0.39 is 0 Å². The van der Waals surface area contributed by atoms with Crippen molar-refractivity contribution in [3.8, 4) is 5.75 Å². The fourth-order valence-corrected chi connectivity index (χ4v) is 2.70. The van der Waals surface area contributed by atoms with Crippen LogP contribution in [-0.2, 0) is 0 Å². The predicted octanol–water partition coefficient (Wildman–Crippen LogP) is 3.71. The highest BCUT2D eigenvalue weighted by Gasteiger charge is 2.17. The van der Waals surface area contributed by atoms with E-state index in [1.807, 2.05) is 38.1 Å². The van der Waals surface area contributed by atoms with E-state index in [-0.39, 0.29) is 5.78 Å². The van der Waals surface area contributed by atoms with Gasteiger partial charge in [-0.15, -0.1) is 0 Å². The number of carbonyl (C=O) groups is 1. The van der Waals surface area contributed by atoms with Crippen molar-refractivity contribution in [3.05, 3.63) is 29.1 Å². The monoisotopic (exact) mass is 305 g/mol. The zero-order chi connectivity index (χ0) is 15.4. The van der Waals surface area contributed by atoms with E-state index in [1.54, 1.807) is 7.11 Å². The molecule has 5 nitrogen and oxygen atoms in total. The van der Waals surface area contributed by atoms with Gasteiger partial charge in [0.25, 0.3) is 0 Å². The second-order valence-corrected chi connectivity index (χ2v) is 6.11. The molecule has 0 atom stereocenters. The van der Waals surface area contributed by atoms with Gasteiger partial charge in [0.15, 0.2) is 10.9 Å². The molecule has 0 unspecified atom stereocenters. The molecule has 0 saturated heterocycles. The highest BCUT2D eigenvalue weighted by Crippen LogP contribution is 2.29. The molecule has 2 rings (SSSR count). The summed E-state index contributed by atoms with van der Waals surface area (Å²) in [5.74, 6) is 1.42. The van der Waals surface area contributed by atoms with E-state index in [0.717, 1.165) is 11.4 Å². The summed E-state index contributed by atoms with van der Waals surface area (Å²) in [5.41, 5.74) is 6.70. The molecule has 0 bridgehead atoms. The maximum Gasteiger partial charge on any atom is 0.189 e. The van der Waals surface area contributed by atoms with Crippen LogP contribution in [-0.4, -0.2) is 17.9 Å².